The smallest absolute Gasteiger partial charge is 0.213 e. The number of aromatic nitrogens is 1. The van der Waals surface area contributed by atoms with E-state index in [0.717, 1.165) is 18.7 Å². The highest BCUT2D eigenvalue weighted by molar-refractivity contribution is 5.26. The van der Waals surface area contributed by atoms with Gasteiger partial charge in [-0.15, -0.1) is 0 Å². The predicted octanol–water partition coefficient (Wildman–Crippen LogP) is 3.51. The molecule has 0 aliphatic rings. The van der Waals surface area contributed by atoms with E-state index in [9.17, 15) is 0 Å². The van der Waals surface area contributed by atoms with E-state index in [-0.39, 0.29) is 5.54 Å². The van der Waals surface area contributed by atoms with Crippen LogP contribution in [-0.4, -0.2) is 30.8 Å². The van der Waals surface area contributed by atoms with E-state index in [2.05, 4.69) is 51.0 Å². The summed E-state index contributed by atoms with van der Waals surface area (Å²) in [4.78, 5) is 4.58. The Hall–Kier alpha value is -1.13. The van der Waals surface area contributed by atoms with Gasteiger partial charge in [0, 0.05) is 44.0 Å². The fraction of sp³-hybridized carbons (Fsp3) is 0.706. The normalized spacial score (nSPS) is 12.0. The average molecular weight is 294 g/mol. The fourth-order valence-corrected chi connectivity index (χ4v) is 1.80. The summed E-state index contributed by atoms with van der Waals surface area (Å²) >= 11 is 0. The van der Waals surface area contributed by atoms with Gasteiger partial charge in [0.2, 0.25) is 5.88 Å². The molecule has 0 fully saturated rings. The third-order valence-corrected chi connectivity index (χ3v) is 3.04. The highest BCUT2D eigenvalue weighted by atomic mass is 16.5. The van der Waals surface area contributed by atoms with Crippen LogP contribution in [-0.2, 0) is 11.3 Å². The average Bonchev–Trinajstić information content (AvgIpc) is 2.40. The van der Waals surface area contributed by atoms with Crippen LogP contribution in [0.2, 0.25) is 0 Å². The van der Waals surface area contributed by atoms with E-state index >= 15 is 0 Å². The van der Waals surface area contributed by atoms with E-state index in [0.29, 0.717) is 25.0 Å². The zero-order valence-electron chi connectivity index (χ0n) is 14.3. The zero-order valence-corrected chi connectivity index (χ0v) is 14.3. The molecule has 0 saturated heterocycles. The molecule has 21 heavy (non-hydrogen) atoms. The SMILES string of the molecule is COCCCOc1cc(CNC(C)(C)C)cc(C(C)C)n1. The molecule has 1 aromatic rings. The number of rotatable bonds is 8. The fourth-order valence-electron chi connectivity index (χ4n) is 1.80. The maximum Gasteiger partial charge on any atom is 0.213 e. The summed E-state index contributed by atoms with van der Waals surface area (Å²) in [6, 6.07) is 4.18. The molecule has 4 nitrogen and oxygen atoms in total. The second-order valence-corrected chi connectivity index (χ2v) is 6.69. The lowest BCUT2D eigenvalue weighted by atomic mass is 10.1. The minimum absolute atomic E-state index is 0.0980. The number of hydrogen-bond donors (Lipinski definition) is 1. The molecular formula is C17H30N2O2. The molecule has 0 bridgehead atoms. The van der Waals surface area contributed by atoms with Crippen molar-refractivity contribution in [2.45, 2.75) is 59.0 Å². The Morgan fingerprint density at radius 1 is 1.19 bits per heavy atom. The maximum atomic E-state index is 5.75. The minimum Gasteiger partial charge on any atom is -0.478 e. The molecule has 0 atom stereocenters. The summed E-state index contributed by atoms with van der Waals surface area (Å²) in [7, 11) is 1.70. The largest absolute Gasteiger partial charge is 0.478 e. The van der Waals surface area contributed by atoms with Crippen LogP contribution in [0.4, 0.5) is 0 Å². The first-order valence-corrected chi connectivity index (χ1v) is 7.69. The second kappa shape index (κ2) is 8.35. The van der Waals surface area contributed by atoms with Crippen molar-refractivity contribution >= 4 is 0 Å². The molecular weight excluding hydrogens is 264 g/mol. The van der Waals surface area contributed by atoms with Crippen LogP contribution < -0.4 is 10.1 Å². The van der Waals surface area contributed by atoms with E-state index in [1.165, 1.54) is 5.56 Å². The molecule has 1 rings (SSSR count). The number of ether oxygens (including phenoxy) is 2. The monoisotopic (exact) mass is 294 g/mol. The standard InChI is InChI=1S/C17H30N2O2/c1-13(2)15-10-14(12-18-17(3,4)5)11-16(19-15)21-9-7-8-20-6/h10-11,13,18H,7-9,12H2,1-6H3. The molecule has 120 valence electrons. The van der Waals surface area contributed by atoms with Gasteiger partial charge < -0.3 is 14.8 Å². The summed E-state index contributed by atoms with van der Waals surface area (Å²) in [6.45, 7) is 13.0. The second-order valence-electron chi connectivity index (χ2n) is 6.69. The molecule has 0 radical (unpaired) electrons. The van der Waals surface area contributed by atoms with Gasteiger partial charge in [0.25, 0.3) is 0 Å². The zero-order chi connectivity index (χ0) is 15.9. The Labute approximate surface area is 129 Å². The third-order valence-electron chi connectivity index (χ3n) is 3.04. The van der Waals surface area contributed by atoms with Gasteiger partial charge in [0.15, 0.2) is 0 Å². The van der Waals surface area contributed by atoms with Crippen LogP contribution in [0, 0.1) is 0 Å². The first kappa shape index (κ1) is 17.9. The third kappa shape index (κ3) is 7.44. The Kier molecular flexibility index (Phi) is 7.12. The first-order valence-electron chi connectivity index (χ1n) is 7.69. The highest BCUT2D eigenvalue weighted by Gasteiger charge is 2.11. The molecule has 1 N–H and O–H groups in total. The molecule has 0 aromatic carbocycles. The highest BCUT2D eigenvalue weighted by Crippen LogP contribution is 2.19. The summed E-state index contributed by atoms with van der Waals surface area (Å²) in [5, 5.41) is 3.50. The van der Waals surface area contributed by atoms with Crippen LogP contribution in [0.25, 0.3) is 0 Å². The lowest BCUT2D eigenvalue weighted by Crippen LogP contribution is -2.35. The molecule has 4 heteroatoms. The molecule has 1 heterocycles. The van der Waals surface area contributed by atoms with E-state index in [1.807, 2.05) is 6.07 Å². The van der Waals surface area contributed by atoms with Crippen molar-refractivity contribution in [1.82, 2.24) is 10.3 Å². The Morgan fingerprint density at radius 2 is 1.90 bits per heavy atom. The molecule has 0 saturated carbocycles. The number of nitrogens with zero attached hydrogens (tertiary/aromatic N) is 1. The molecule has 0 amide bonds. The van der Waals surface area contributed by atoms with Crippen LogP contribution in [0.15, 0.2) is 12.1 Å². The van der Waals surface area contributed by atoms with Crippen molar-refractivity contribution in [3.05, 3.63) is 23.4 Å². The Balaban J connectivity index is 2.75. The summed E-state index contributed by atoms with van der Waals surface area (Å²) < 4.78 is 10.8. The van der Waals surface area contributed by atoms with E-state index < -0.39 is 0 Å². The summed E-state index contributed by atoms with van der Waals surface area (Å²) in [5.74, 6) is 1.10. The Morgan fingerprint density at radius 3 is 2.48 bits per heavy atom. The lowest BCUT2D eigenvalue weighted by Gasteiger charge is -2.21. The van der Waals surface area contributed by atoms with Gasteiger partial charge in [0.05, 0.1) is 6.61 Å². The predicted molar refractivity (Wildman–Crippen MR) is 86.9 cm³/mol. The topological polar surface area (TPSA) is 43.4 Å². The van der Waals surface area contributed by atoms with Gasteiger partial charge in [-0.25, -0.2) is 4.98 Å². The van der Waals surface area contributed by atoms with Crippen molar-refractivity contribution in [2.75, 3.05) is 20.3 Å². The molecule has 0 aliphatic carbocycles. The van der Waals surface area contributed by atoms with E-state index in [4.69, 9.17) is 9.47 Å². The van der Waals surface area contributed by atoms with Crippen LogP contribution in [0.1, 0.15) is 58.2 Å². The minimum atomic E-state index is 0.0980. The van der Waals surface area contributed by atoms with Crippen molar-refractivity contribution < 1.29 is 9.47 Å². The molecule has 0 aliphatic heterocycles. The van der Waals surface area contributed by atoms with Gasteiger partial charge in [-0.05, 0) is 38.3 Å². The summed E-state index contributed by atoms with van der Waals surface area (Å²) in [5.41, 5.74) is 2.39. The van der Waals surface area contributed by atoms with Crippen molar-refractivity contribution in [1.29, 1.82) is 0 Å². The van der Waals surface area contributed by atoms with Gasteiger partial charge in [0.1, 0.15) is 0 Å². The summed E-state index contributed by atoms with van der Waals surface area (Å²) in [6.07, 6.45) is 0.875. The quantitative estimate of drug-likeness (QED) is 0.745. The molecule has 0 spiro atoms. The van der Waals surface area contributed by atoms with Crippen molar-refractivity contribution in [2.24, 2.45) is 0 Å². The van der Waals surface area contributed by atoms with E-state index in [1.54, 1.807) is 7.11 Å². The van der Waals surface area contributed by atoms with Crippen molar-refractivity contribution in [3.8, 4) is 5.88 Å². The Bertz CT molecular complexity index is 425. The molecule has 1 aromatic heterocycles. The van der Waals surface area contributed by atoms with Crippen LogP contribution >= 0.6 is 0 Å². The number of pyridine rings is 1. The first-order chi connectivity index (χ1) is 9.81. The van der Waals surface area contributed by atoms with Crippen LogP contribution in [0.3, 0.4) is 0 Å². The lowest BCUT2D eigenvalue weighted by molar-refractivity contribution is 0.170. The van der Waals surface area contributed by atoms with Gasteiger partial charge >= 0.3 is 0 Å². The van der Waals surface area contributed by atoms with Crippen LogP contribution in [0.5, 0.6) is 5.88 Å². The van der Waals surface area contributed by atoms with Gasteiger partial charge in [-0.2, -0.15) is 0 Å². The number of methoxy groups -OCH3 is 1. The van der Waals surface area contributed by atoms with Crippen molar-refractivity contribution in [3.63, 3.8) is 0 Å². The number of nitrogens with one attached hydrogen (secondary N) is 1. The van der Waals surface area contributed by atoms with Gasteiger partial charge in [-0.3, -0.25) is 0 Å². The number of hydrogen-bond acceptors (Lipinski definition) is 4. The molecule has 0 unspecified atom stereocenters. The maximum absolute atomic E-state index is 5.75. The van der Waals surface area contributed by atoms with Gasteiger partial charge in [-0.1, -0.05) is 13.8 Å².